The van der Waals surface area contributed by atoms with Crippen LogP contribution in [-0.2, 0) is 0 Å². The molecule has 0 aromatic rings. The van der Waals surface area contributed by atoms with Crippen molar-refractivity contribution in [1.82, 2.24) is 0 Å². The largest absolute Gasteiger partial charge is 0.341 e. The van der Waals surface area contributed by atoms with Gasteiger partial charge in [-0.2, -0.15) is 0 Å². The fourth-order valence-corrected chi connectivity index (χ4v) is 0.387. The molecular weight excluding hydrogens is 66.1 g/mol. The summed E-state index contributed by atoms with van der Waals surface area (Å²) in [6, 6.07) is 1.35. The highest BCUT2D eigenvalue weighted by molar-refractivity contribution is 6.45. The standard InChI is InChI=1S/C2H5NSi/c1-2-4-3-1/h1H,2,4H2. The minimum Gasteiger partial charge on any atom is -0.341 e. The lowest BCUT2D eigenvalue weighted by molar-refractivity contribution is 1.64. The van der Waals surface area contributed by atoms with Crippen molar-refractivity contribution in [3.05, 3.63) is 0 Å². The third-order valence-corrected chi connectivity index (χ3v) is 1.55. The van der Waals surface area contributed by atoms with Gasteiger partial charge in [0.15, 0.2) is 9.68 Å². The topological polar surface area (TPSA) is 12.4 Å². The molecule has 1 aliphatic heterocycles. The number of rotatable bonds is 0. The minimum absolute atomic E-state index is 0.174. The van der Waals surface area contributed by atoms with E-state index in [-0.39, 0.29) is 9.68 Å². The number of hydrogen-bond acceptors (Lipinski definition) is 1. The molecule has 0 N–H and O–H groups in total. The fourth-order valence-electron chi connectivity index (χ4n) is 0.129. The Morgan fingerprint density at radius 3 is 2.25 bits per heavy atom. The molecule has 0 spiro atoms. The molecule has 0 atom stereocenters. The van der Waals surface area contributed by atoms with E-state index in [1.165, 1.54) is 6.04 Å². The van der Waals surface area contributed by atoms with E-state index in [1.54, 1.807) is 0 Å². The molecule has 4 heavy (non-hydrogen) atoms. The zero-order valence-electron chi connectivity index (χ0n) is 2.44. The van der Waals surface area contributed by atoms with Crippen molar-refractivity contribution < 1.29 is 0 Å². The van der Waals surface area contributed by atoms with Crippen molar-refractivity contribution in [3.63, 3.8) is 0 Å². The molecule has 1 rings (SSSR count). The van der Waals surface area contributed by atoms with Crippen LogP contribution in [0.2, 0.25) is 6.04 Å². The van der Waals surface area contributed by atoms with Crippen molar-refractivity contribution >= 4 is 15.9 Å². The summed E-state index contributed by atoms with van der Waals surface area (Å²) < 4.78 is 3.93. The van der Waals surface area contributed by atoms with Crippen LogP contribution in [0.25, 0.3) is 0 Å². The molecule has 0 amide bonds. The van der Waals surface area contributed by atoms with Gasteiger partial charge in [0, 0.05) is 0 Å². The number of nitrogens with zero attached hydrogens (tertiary/aromatic N) is 1. The van der Waals surface area contributed by atoms with Gasteiger partial charge in [0.1, 0.15) is 0 Å². The van der Waals surface area contributed by atoms with Gasteiger partial charge in [0.25, 0.3) is 0 Å². The van der Waals surface area contributed by atoms with Crippen LogP contribution in [0.5, 0.6) is 0 Å². The molecule has 0 aromatic heterocycles. The Labute approximate surface area is 27.6 Å². The predicted octanol–water partition coefficient (Wildman–Crippen LogP) is -0.427. The van der Waals surface area contributed by atoms with Crippen LogP contribution < -0.4 is 0 Å². The monoisotopic (exact) mass is 71.0 g/mol. The predicted molar refractivity (Wildman–Crippen MR) is 21.8 cm³/mol. The van der Waals surface area contributed by atoms with Crippen LogP contribution in [0.15, 0.2) is 4.66 Å². The normalized spacial score (nSPS) is 26.0. The first-order valence-electron chi connectivity index (χ1n) is 1.48. The Bertz CT molecular complexity index is 35.3. The molecular formula is C2H5NSi. The molecule has 0 aromatic carbocycles. The molecule has 0 aliphatic carbocycles. The first kappa shape index (κ1) is 2.14. The van der Waals surface area contributed by atoms with E-state index in [0.717, 1.165) is 0 Å². The zero-order valence-corrected chi connectivity index (χ0v) is 3.85. The Morgan fingerprint density at radius 1 is 2.00 bits per heavy atom. The van der Waals surface area contributed by atoms with Crippen molar-refractivity contribution in [2.75, 3.05) is 0 Å². The van der Waals surface area contributed by atoms with E-state index in [4.69, 9.17) is 0 Å². The van der Waals surface area contributed by atoms with Crippen molar-refractivity contribution in [3.8, 4) is 0 Å². The summed E-state index contributed by atoms with van der Waals surface area (Å²) in [6.45, 7) is 0. The summed E-state index contributed by atoms with van der Waals surface area (Å²) in [5.41, 5.74) is 0. The maximum absolute atomic E-state index is 3.93. The summed E-state index contributed by atoms with van der Waals surface area (Å²) >= 11 is 0. The second kappa shape index (κ2) is 0.680. The number of hydrogen-bond donors (Lipinski definition) is 0. The SMILES string of the molecule is C1=N[SiH2]C1. The van der Waals surface area contributed by atoms with Crippen molar-refractivity contribution in [1.29, 1.82) is 0 Å². The summed E-state index contributed by atoms with van der Waals surface area (Å²) in [5, 5.41) is 0. The third kappa shape index (κ3) is 0.0982. The third-order valence-electron chi connectivity index (χ3n) is 0.516. The second-order valence-electron chi connectivity index (χ2n) is 0.877. The minimum atomic E-state index is 0.174. The first-order chi connectivity index (χ1) is 2.00. The van der Waals surface area contributed by atoms with Gasteiger partial charge in [0.05, 0.1) is 0 Å². The quantitative estimate of drug-likeness (QED) is 0.344. The van der Waals surface area contributed by atoms with Gasteiger partial charge in [0.2, 0.25) is 0 Å². The van der Waals surface area contributed by atoms with E-state index in [1.807, 2.05) is 6.21 Å². The molecule has 0 saturated carbocycles. The van der Waals surface area contributed by atoms with Gasteiger partial charge in [-0.1, -0.05) is 0 Å². The molecule has 22 valence electrons. The summed E-state index contributed by atoms with van der Waals surface area (Å²) in [4.78, 5) is 0. The Kier molecular flexibility index (Phi) is 0.365. The lowest BCUT2D eigenvalue weighted by Crippen LogP contribution is -1.95. The molecule has 0 fully saturated rings. The maximum atomic E-state index is 3.93. The van der Waals surface area contributed by atoms with Gasteiger partial charge in [-0.05, 0) is 12.3 Å². The van der Waals surface area contributed by atoms with Crippen LogP contribution in [0.1, 0.15) is 0 Å². The van der Waals surface area contributed by atoms with Crippen molar-refractivity contribution in [2.45, 2.75) is 6.04 Å². The lowest BCUT2D eigenvalue weighted by atomic mass is 10.9. The van der Waals surface area contributed by atoms with Gasteiger partial charge in [-0.15, -0.1) is 0 Å². The van der Waals surface area contributed by atoms with Crippen LogP contribution in [0, 0.1) is 0 Å². The Balaban J connectivity index is 2.47. The van der Waals surface area contributed by atoms with E-state index in [9.17, 15) is 0 Å². The summed E-state index contributed by atoms with van der Waals surface area (Å²) in [7, 11) is 0.174. The molecule has 1 nitrogen and oxygen atoms in total. The highest BCUT2D eigenvalue weighted by atomic mass is 28.2. The van der Waals surface area contributed by atoms with E-state index >= 15 is 0 Å². The van der Waals surface area contributed by atoms with E-state index < -0.39 is 0 Å². The average Bonchev–Trinajstić information content (AvgIpc) is 0.722. The highest BCUT2D eigenvalue weighted by Gasteiger charge is 1.84. The second-order valence-corrected chi connectivity index (χ2v) is 2.27. The van der Waals surface area contributed by atoms with Crippen LogP contribution in [-0.4, -0.2) is 15.9 Å². The molecule has 2 heteroatoms. The van der Waals surface area contributed by atoms with Gasteiger partial charge < -0.3 is 4.66 Å². The van der Waals surface area contributed by atoms with Crippen LogP contribution >= 0.6 is 0 Å². The van der Waals surface area contributed by atoms with Gasteiger partial charge >= 0.3 is 0 Å². The smallest absolute Gasteiger partial charge is 0.155 e. The molecule has 0 bridgehead atoms. The summed E-state index contributed by atoms with van der Waals surface area (Å²) in [5.74, 6) is 0. The van der Waals surface area contributed by atoms with E-state index in [0.29, 0.717) is 0 Å². The van der Waals surface area contributed by atoms with E-state index in [2.05, 4.69) is 4.66 Å². The zero-order chi connectivity index (χ0) is 2.83. The Morgan fingerprint density at radius 2 is 2.25 bits per heavy atom. The average molecular weight is 71.2 g/mol. The fraction of sp³-hybridized carbons (Fsp3) is 0.500. The van der Waals surface area contributed by atoms with Crippen LogP contribution in [0.3, 0.4) is 0 Å². The molecule has 0 radical (unpaired) electrons. The Hall–Kier alpha value is -0.113. The van der Waals surface area contributed by atoms with Gasteiger partial charge in [-0.3, -0.25) is 0 Å². The molecule has 1 aliphatic rings. The van der Waals surface area contributed by atoms with Crippen LogP contribution in [0.4, 0.5) is 0 Å². The molecule has 0 unspecified atom stereocenters. The first-order valence-corrected chi connectivity index (χ1v) is 3.12. The lowest BCUT2D eigenvalue weighted by Gasteiger charge is -1.91. The van der Waals surface area contributed by atoms with Gasteiger partial charge in [-0.25, -0.2) is 0 Å². The molecule has 1 heterocycles. The molecule has 0 saturated heterocycles. The van der Waals surface area contributed by atoms with Crippen molar-refractivity contribution in [2.24, 2.45) is 4.66 Å². The maximum Gasteiger partial charge on any atom is 0.155 e. The summed E-state index contributed by atoms with van der Waals surface area (Å²) in [6.07, 6.45) is 1.99. The highest BCUT2D eigenvalue weighted by Crippen LogP contribution is 1.82.